The lowest BCUT2D eigenvalue weighted by Gasteiger charge is -2.21. The van der Waals surface area contributed by atoms with Gasteiger partial charge in [-0.1, -0.05) is 330 Å². The van der Waals surface area contributed by atoms with Gasteiger partial charge in [0.25, 0.3) is 0 Å². The second-order valence-corrected chi connectivity index (χ2v) is 30.3. The van der Waals surface area contributed by atoms with Gasteiger partial charge in [-0.3, -0.25) is 37.3 Å². The van der Waals surface area contributed by atoms with E-state index in [1.165, 1.54) is 186 Å². The standard InChI is InChI=1S/C74H144O17P2/c1-7-10-12-14-16-17-33-40-46-52-58-73(78)90-69(62-84-71(76)56-50-44-36-15-13-11-8-2)64-88-92(80,81)86-60-68(75)61-87-93(82,83)89-65-70(91-74(79)59-53-47-41-35-30-26-20-18-19-23-27-31-37-42-48-54-66(4)5)63-85-72(77)57-51-45-39-34-29-25-22-21-24-28-32-38-43-49-55-67(6)9-3/h66-70,75H,7-65H2,1-6H3,(H,80,81)(H,82,83)/t67?,68-,69+,70+/m0/s1. The fourth-order valence-electron chi connectivity index (χ4n) is 11.3. The van der Waals surface area contributed by atoms with Gasteiger partial charge in [0, 0.05) is 25.7 Å². The number of unbranched alkanes of at least 4 members (excludes halogenated alkanes) is 42. The molecule has 0 bridgehead atoms. The van der Waals surface area contributed by atoms with E-state index in [1.54, 1.807) is 0 Å². The van der Waals surface area contributed by atoms with E-state index >= 15 is 0 Å². The normalized spacial score (nSPS) is 14.3. The molecule has 0 aliphatic rings. The predicted octanol–water partition coefficient (Wildman–Crippen LogP) is 21.6. The van der Waals surface area contributed by atoms with Gasteiger partial charge in [-0.2, -0.15) is 0 Å². The molecule has 0 aromatic rings. The molecule has 3 unspecified atom stereocenters. The largest absolute Gasteiger partial charge is 0.472 e. The number of carbonyl (C=O) groups is 4. The molecule has 0 spiro atoms. The van der Waals surface area contributed by atoms with E-state index in [0.29, 0.717) is 25.7 Å². The molecule has 552 valence electrons. The predicted molar refractivity (Wildman–Crippen MR) is 377 cm³/mol. The highest BCUT2D eigenvalue weighted by molar-refractivity contribution is 7.47. The topological polar surface area (TPSA) is 237 Å². The highest BCUT2D eigenvalue weighted by Crippen LogP contribution is 2.45. The lowest BCUT2D eigenvalue weighted by Crippen LogP contribution is -2.30. The van der Waals surface area contributed by atoms with Crippen LogP contribution in [0.4, 0.5) is 0 Å². The molecule has 19 heteroatoms. The Hall–Kier alpha value is -1.94. The zero-order valence-electron chi connectivity index (χ0n) is 60.6. The maximum absolute atomic E-state index is 13.1. The molecule has 0 aromatic carbocycles. The minimum atomic E-state index is -4.95. The van der Waals surface area contributed by atoms with Gasteiger partial charge in [-0.15, -0.1) is 0 Å². The smallest absolute Gasteiger partial charge is 0.462 e. The third kappa shape index (κ3) is 67.0. The maximum atomic E-state index is 13.1. The number of aliphatic hydroxyl groups excluding tert-OH is 1. The van der Waals surface area contributed by atoms with Crippen LogP contribution in [0.1, 0.15) is 382 Å². The van der Waals surface area contributed by atoms with Crippen molar-refractivity contribution in [2.24, 2.45) is 11.8 Å². The molecule has 17 nitrogen and oxygen atoms in total. The molecule has 93 heavy (non-hydrogen) atoms. The van der Waals surface area contributed by atoms with E-state index in [4.69, 9.17) is 37.0 Å². The molecule has 0 aliphatic carbocycles. The third-order valence-corrected chi connectivity index (χ3v) is 19.5. The molecule has 3 N–H and O–H groups in total. The summed E-state index contributed by atoms with van der Waals surface area (Å²) in [5, 5.41) is 10.6. The summed E-state index contributed by atoms with van der Waals surface area (Å²) in [6, 6.07) is 0. The minimum Gasteiger partial charge on any atom is -0.462 e. The number of ether oxygens (including phenoxy) is 4. The average Bonchev–Trinajstić information content (AvgIpc) is 1.75. The van der Waals surface area contributed by atoms with E-state index in [0.717, 1.165) is 115 Å². The Kier molecular flexibility index (Phi) is 64.6. The van der Waals surface area contributed by atoms with E-state index in [-0.39, 0.29) is 25.7 Å². The van der Waals surface area contributed by atoms with E-state index in [1.807, 2.05) is 0 Å². The lowest BCUT2D eigenvalue weighted by atomic mass is 9.99. The fourth-order valence-corrected chi connectivity index (χ4v) is 12.8. The van der Waals surface area contributed by atoms with Crippen molar-refractivity contribution in [2.75, 3.05) is 39.6 Å². The molecule has 0 saturated heterocycles. The lowest BCUT2D eigenvalue weighted by molar-refractivity contribution is -0.161. The molecule has 0 heterocycles. The molecule has 0 saturated carbocycles. The maximum Gasteiger partial charge on any atom is 0.472 e. The highest BCUT2D eigenvalue weighted by Gasteiger charge is 2.30. The van der Waals surface area contributed by atoms with Crippen LogP contribution < -0.4 is 0 Å². The number of carbonyl (C=O) groups excluding carboxylic acids is 4. The molecular weight excluding hydrogens is 1220 g/mol. The number of esters is 4. The van der Waals surface area contributed by atoms with Crippen molar-refractivity contribution in [1.29, 1.82) is 0 Å². The Morgan fingerprint density at radius 1 is 0.312 bits per heavy atom. The minimum absolute atomic E-state index is 0.106. The van der Waals surface area contributed by atoms with Crippen molar-refractivity contribution in [3.05, 3.63) is 0 Å². The van der Waals surface area contributed by atoms with Crippen molar-refractivity contribution in [3.63, 3.8) is 0 Å². The molecule has 0 aromatic heterocycles. The average molecular weight is 1370 g/mol. The Morgan fingerprint density at radius 2 is 0.548 bits per heavy atom. The molecule has 0 amide bonds. The van der Waals surface area contributed by atoms with Crippen LogP contribution >= 0.6 is 15.6 Å². The molecule has 0 fully saturated rings. The van der Waals surface area contributed by atoms with Crippen LogP contribution in [0, 0.1) is 11.8 Å². The number of hydrogen-bond donors (Lipinski definition) is 3. The van der Waals surface area contributed by atoms with Crippen LogP contribution in [0.3, 0.4) is 0 Å². The van der Waals surface area contributed by atoms with Gasteiger partial charge >= 0.3 is 39.5 Å². The van der Waals surface area contributed by atoms with Gasteiger partial charge in [0.15, 0.2) is 12.2 Å². The molecular formula is C74H144O17P2. The van der Waals surface area contributed by atoms with Crippen LogP contribution in [0.2, 0.25) is 0 Å². The van der Waals surface area contributed by atoms with Crippen LogP contribution in [-0.2, 0) is 65.4 Å². The van der Waals surface area contributed by atoms with Crippen molar-refractivity contribution < 1.29 is 80.2 Å². The summed E-state index contributed by atoms with van der Waals surface area (Å²) >= 11 is 0. The van der Waals surface area contributed by atoms with Gasteiger partial charge < -0.3 is 33.8 Å². The van der Waals surface area contributed by atoms with Crippen LogP contribution in [-0.4, -0.2) is 96.7 Å². The van der Waals surface area contributed by atoms with Crippen molar-refractivity contribution in [1.82, 2.24) is 0 Å². The molecule has 6 atom stereocenters. The zero-order chi connectivity index (χ0) is 68.6. The Bertz CT molecular complexity index is 1810. The number of phosphoric ester groups is 2. The van der Waals surface area contributed by atoms with Crippen LogP contribution in [0.25, 0.3) is 0 Å². The van der Waals surface area contributed by atoms with Crippen molar-refractivity contribution in [2.45, 2.75) is 400 Å². The van der Waals surface area contributed by atoms with Crippen molar-refractivity contribution in [3.8, 4) is 0 Å². The van der Waals surface area contributed by atoms with Crippen LogP contribution in [0.15, 0.2) is 0 Å². The summed E-state index contributed by atoms with van der Waals surface area (Å²) in [7, 11) is -9.90. The SMILES string of the molecule is CCCCCCCCCCCCC(=O)O[C@H](COC(=O)CCCCCCCCC)COP(=O)(O)OC[C@H](O)COP(=O)(O)OC[C@@H](COC(=O)CCCCCCCCCCCCCCCCC(C)CC)OC(=O)CCCCCCCCCCCCCCCCCC(C)C. The number of hydrogen-bond acceptors (Lipinski definition) is 15. The third-order valence-electron chi connectivity index (χ3n) is 17.6. The Balaban J connectivity index is 5.18. The Labute approximate surface area is 568 Å². The van der Waals surface area contributed by atoms with E-state index in [9.17, 15) is 43.2 Å². The quantitative estimate of drug-likeness (QED) is 0.0222. The summed E-state index contributed by atoms with van der Waals surface area (Å²) < 4.78 is 68.3. The first-order valence-electron chi connectivity index (χ1n) is 38.5. The van der Waals surface area contributed by atoms with Gasteiger partial charge in [0.1, 0.15) is 19.3 Å². The molecule has 0 aliphatic heterocycles. The summed E-state index contributed by atoms with van der Waals surface area (Å²) in [5.74, 6) is -0.470. The second kappa shape index (κ2) is 66.0. The number of aliphatic hydroxyl groups is 1. The molecule has 0 rings (SSSR count). The Morgan fingerprint density at radius 3 is 0.817 bits per heavy atom. The summed E-state index contributed by atoms with van der Waals surface area (Å²) in [4.78, 5) is 72.5. The van der Waals surface area contributed by atoms with E-state index < -0.39 is 97.5 Å². The zero-order valence-corrected chi connectivity index (χ0v) is 62.3. The number of phosphoric acid groups is 2. The first-order valence-corrected chi connectivity index (χ1v) is 41.5. The fraction of sp³-hybridized carbons (Fsp3) is 0.946. The first-order chi connectivity index (χ1) is 44.9. The van der Waals surface area contributed by atoms with Gasteiger partial charge in [-0.05, 0) is 37.5 Å². The van der Waals surface area contributed by atoms with Gasteiger partial charge in [-0.25, -0.2) is 9.13 Å². The monoisotopic (exact) mass is 1370 g/mol. The van der Waals surface area contributed by atoms with Gasteiger partial charge in [0.05, 0.1) is 26.4 Å². The first kappa shape index (κ1) is 91.1. The summed E-state index contributed by atoms with van der Waals surface area (Å²) in [6.45, 7) is 9.61. The van der Waals surface area contributed by atoms with E-state index in [2.05, 4.69) is 41.5 Å². The summed E-state index contributed by atoms with van der Waals surface area (Å²) in [6.07, 6.45) is 52.8. The van der Waals surface area contributed by atoms with Crippen molar-refractivity contribution >= 4 is 39.5 Å². The van der Waals surface area contributed by atoms with Crippen LogP contribution in [0.5, 0.6) is 0 Å². The highest BCUT2D eigenvalue weighted by atomic mass is 31.2. The summed E-state index contributed by atoms with van der Waals surface area (Å²) in [5.41, 5.74) is 0. The molecule has 0 radical (unpaired) electrons. The number of rotatable bonds is 73. The van der Waals surface area contributed by atoms with Gasteiger partial charge in [0.2, 0.25) is 0 Å². The second-order valence-electron chi connectivity index (χ2n) is 27.4.